The van der Waals surface area contributed by atoms with E-state index in [1.165, 1.54) is 16.7 Å². The van der Waals surface area contributed by atoms with Gasteiger partial charge >= 0.3 is 0 Å². The predicted molar refractivity (Wildman–Crippen MR) is 74.4 cm³/mol. The minimum absolute atomic E-state index is 0.284. The van der Waals surface area contributed by atoms with Crippen LogP contribution in [0, 0.1) is 5.92 Å². The third-order valence-electron chi connectivity index (χ3n) is 2.89. The summed E-state index contributed by atoms with van der Waals surface area (Å²) < 4.78 is 0. The largest absolute Gasteiger partial charge is 0.327 e. The van der Waals surface area contributed by atoms with Crippen LogP contribution in [-0.4, -0.2) is 6.04 Å². The van der Waals surface area contributed by atoms with Crippen molar-refractivity contribution >= 4 is 0 Å². The monoisotopic (exact) mass is 221 g/mol. The highest BCUT2D eigenvalue weighted by molar-refractivity contribution is 5.15. The Labute approximate surface area is 101 Å². The topological polar surface area (TPSA) is 26.0 Å². The van der Waals surface area contributed by atoms with Gasteiger partial charge in [0.25, 0.3) is 0 Å². The molecule has 1 aliphatic carbocycles. The number of hydrogen-bond acceptors (Lipinski definition) is 1. The van der Waals surface area contributed by atoms with Crippen molar-refractivity contribution in [2.75, 3.05) is 0 Å². The van der Waals surface area contributed by atoms with Crippen molar-refractivity contribution in [2.45, 2.75) is 53.0 Å². The summed E-state index contributed by atoms with van der Waals surface area (Å²) in [6.45, 7) is 15.8. The fourth-order valence-corrected chi connectivity index (χ4v) is 1.84. The third kappa shape index (κ3) is 5.92. The van der Waals surface area contributed by atoms with E-state index in [4.69, 9.17) is 5.73 Å². The van der Waals surface area contributed by atoms with E-state index in [9.17, 15) is 0 Å². The number of rotatable bonds is 0. The van der Waals surface area contributed by atoms with E-state index in [1.54, 1.807) is 0 Å². The first kappa shape index (κ1) is 15.2. The zero-order valence-electron chi connectivity index (χ0n) is 11.3. The van der Waals surface area contributed by atoms with Gasteiger partial charge < -0.3 is 5.73 Å². The molecule has 16 heavy (non-hydrogen) atoms. The molecule has 1 fully saturated rings. The van der Waals surface area contributed by atoms with Crippen LogP contribution in [0.3, 0.4) is 0 Å². The molecule has 0 aromatic heterocycles. The molecule has 1 saturated carbocycles. The van der Waals surface area contributed by atoms with E-state index in [1.807, 2.05) is 13.8 Å². The Balaban J connectivity index is 0.000000487. The van der Waals surface area contributed by atoms with Gasteiger partial charge in [-0.25, -0.2) is 0 Å². The average molecular weight is 221 g/mol. The SMILES string of the molecule is C=C(C)C.C=C1CC/C(=C\C)C(C)C(N)C1. The van der Waals surface area contributed by atoms with Gasteiger partial charge in [-0.15, -0.1) is 6.58 Å². The average Bonchev–Trinajstić information content (AvgIpc) is 2.27. The van der Waals surface area contributed by atoms with Gasteiger partial charge in [0.1, 0.15) is 0 Å². The molecular formula is C15H27N. The molecule has 1 rings (SSSR count). The molecule has 0 aromatic rings. The maximum absolute atomic E-state index is 6.03. The van der Waals surface area contributed by atoms with E-state index >= 15 is 0 Å². The molecule has 92 valence electrons. The quantitative estimate of drug-likeness (QED) is 0.481. The third-order valence-corrected chi connectivity index (χ3v) is 2.89. The molecule has 0 aliphatic heterocycles. The van der Waals surface area contributed by atoms with Crippen molar-refractivity contribution in [3.05, 3.63) is 36.0 Å². The molecule has 2 atom stereocenters. The lowest BCUT2D eigenvalue weighted by atomic mass is 9.92. The summed E-state index contributed by atoms with van der Waals surface area (Å²) in [5, 5.41) is 0. The second kappa shape index (κ2) is 7.45. The van der Waals surface area contributed by atoms with Gasteiger partial charge in [0.05, 0.1) is 0 Å². The van der Waals surface area contributed by atoms with Crippen LogP contribution in [0.4, 0.5) is 0 Å². The van der Waals surface area contributed by atoms with Crippen LogP contribution in [0.25, 0.3) is 0 Å². The Bertz CT molecular complexity index is 269. The summed E-state index contributed by atoms with van der Waals surface area (Å²) in [5.74, 6) is 0.536. The van der Waals surface area contributed by atoms with Crippen molar-refractivity contribution in [3.8, 4) is 0 Å². The Morgan fingerprint density at radius 2 is 1.88 bits per heavy atom. The minimum atomic E-state index is 0.284. The van der Waals surface area contributed by atoms with E-state index in [-0.39, 0.29) is 6.04 Å². The van der Waals surface area contributed by atoms with Crippen LogP contribution >= 0.6 is 0 Å². The van der Waals surface area contributed by atoms with Gasteiger partial charge in [-0.1, -0.05) is 36.3 Å². The summed E-state index contributed by atoms with van der Waals surface area (Å²) in [5.41, 5.74) is 10.0. The van der Waals surface area contributed by atoms with E-state index in [2.05, 4.69) is 33.1 Å². The summed E-state index contributed by atoms with van der Waals surface area (Å²) in [4.78, 5) is 0. The van der Waals surface area contributed by atoms with Gasteiger partial charge in [-0.3, -0.25) is 0 Å². The smallest absolute Gasteiger partial charge is 0.0139 e. The van der Waals surface area contributed by atoms with Crippen LogP contribution in [0.15, 0.2) is 36.0 Å². The highest BCUT2D eigenvalue weighted by atomic mass is 14.6. The summed E-state index contributed by atoms with van der Waals surface area (Å²) in [6, 6.07) is 0.284. The van der Waals surface area contributed by atoms with Crippen molar-refractivity contribution < 1.29 is 0 Å². The second-order valence-corrected chi connectivity index (χ2v) is 4.98. The van der Waals surface area contributed by atoms with Gasteiger partial charge in [-0.05, 0) is 46.0 Å². The molecule has 0 bridgehead atoms. The molecule has 0 amide bonds. The molecule has 0 aromatic carbocycles. The van der Waals surface area contributed by atoms with Crippen molar-refractivity contribution in [1.29, 1.82) is 0 Å². The first-order valence-electron chi connectivity index (χ1n) is 6.07. The highest BCUT2D eigenvalue weighted by Gasteiger charge is 2.20. The fourth-order valence-electron chi connectivity index (χ4n) is 1.84. The predicted octanol–water partition coefficient (Wildman–Crippen LogP) is 4.22. The Hall–Kier alpha value is -0.820. The zero-order valence-corrected chi connectivity index (χ0v) is 11.3. The molecule has 2 N–H and O–H groups in total. The molecule has 2 unspecified atom stereocenters. The lowest BCUT2D eigenvalue weighted by molar-refractivity contribution is 0.519. The van der Waals surface area contributed by atoms with E-state index in [0.29, 0.717) is 5.92 Å². The standard InChI is InChI=1S/C11H19N.C4H8/c1-4-10-6-5-8(2)7-11(12)9(10)3;1-4(2)3/h4,9,11H,2,5-7,12H2,1,3H3;1H2,2-3H3/b10-4+;. The lowest BCUT2D eigenvalue weighted by Gasteiger charge is -2.18. The van der Waals surface area contributed by atoms with Gasteiger partial charge in [0, 0.05) is 6.04 Å². The molecule has 0 radical (unpaired) electrons. The normalized spacial score (nSPS) is 28.1. The maximum atomic E-state index is 6.03. The zero-order chi connectivity index (χ0) is 12.7. The van der Waals surface area contributed by atoms with Crippen molar-refractivity contribution in [1.82, 2.24) is 0 Å². The maximum Gasteiger partial charge on any atom is 0.0139 e. The molecule has 1 nitrogen and oxygen atoms in total. The van der Waals surface area contributed by atoms with Gasteiger partial charge in [0.15, 0.2) is 0 Å². The van der Waals surface area contributed by atoms with Gasteiger partial charge in [0.2, 0.25) is 0 Å². The van der Waals surface area contributed by atoms with E-state index < -0.39 is 0 Å². The summed E-state index contributed by atoms with van der Waals surface area (Å²) >= 11 is 0. The summed E-state index contributed by atoms with van der Waals surface area (Å²) in [7, 11) is 0. The lowest BCUT2D eigenvalue weighted by Crippen LogP contribution is -2.28. The number of hydrogen-bond donors (Lipinski definition) is 1. The van der Waals surface area contributed by atoms with Crippen LogP contribution in [-0.2, 0) is 0 Å². The van der Waals surface area contributed by atoms with Crippen LogP contribution in [0.2, 0.25) is 0 Å². The molecule has 1 heteroatoms. The summed E-state index contributed by atoms with van der Waals surface area (Å²) in [6.07, 6.45) is 5.49. The van der Waals surface area contributed by atoms with Crippen LogP contribution in [0.5, 0.6) is 0 Å². The Kier molecular flexibility index (Phi) is 7.07. The number of allylic oxidation sites excluding steroid dienone is 2. The number of nitrogens with two attached hydrogens (primary N) is 1. The molecule has 0 spiro atoms. The molecular weight excluding hydrogens is 194 g/mol. The second-order valence-electron chi connectivity index (χ2n) is 4.98. The Morgan fingerprint density at radius 1 is 1.38 bits per heavy atom. The van der Waals surface area contributed by atoms with Crippen LogP contribution in [0.1, 0.15) is 47.0 Å². The highest BCUT2D eigenvalue weighted by Crippen LogP contribution is 2.29. The fraction of sp³-hybridized carbons (Fsp3) is 0.600. The van der Waals surface area contributed by atoms with Crippen molar-refractivity contribution in [3.63, 3.8) is 0 Å². The first-order valence-corrected chi connectivity index (χ1v) is 6.07. The minimum Gasteiger partial charge on any atom is -0.327 e. The molecule has 1 aliphatic rings. The van der Waals surface area contributed by atoms with Crippen LogP contribution < -0.4 is 5.73 Å². The first-order chi connectivity index (χ1) is 7.38. The van der Waals surface area contributed by atoms with Gasteiger partial charge in [-0.2, -0.15) is 0 Å². The van der Waals surface area contributed by atoms with E-state index in [0.717, 1.165) is 19.3 Å². The molecule has 0 heterocycles. The Morgan fingerprint density at radius 3 is 2.31 bits per heavy atom. The van der Waals surface area contributed by atoms with Crippen molar-refractivity contribution in [2.24, 2.45) is 11.7 Å². The molecule has 0 saturated heterocycles.